The van der Waals surface area contributed by atoms with Crippen LogP contribution in [0.15, 0.2) is 18.2 Å². The van der Waals surface area contributed by atoms with E-state index in [9.17, 15) is 4.79 Å². The van der Waals surface area contributed by atoms with E-state index in [1.807, 2.05) is 20.8 Å². The van der Waals surface area contributed by atoms with Gasteiger partial charge in [-0.25, -0.2) is 0 Å². The maximum Gasteiger partial charge on any atom is 0.229 e. The molecule has 0 unspecified atom stereocenters. The van der Waals surface area contributed by atoms with Crippen molar-refractivity contribution in [1.29, 1.82) is 0 Å². The van der Waals surface area contributed by atoms with Crippen LogP contribution in [0, 0.1) is 17.3 Å². The van der Waals surface area contributed by atoms with Crippen LogP contribution >= 0.6 is 11.6 Å². The Kier molecular flexibility index (Phi) is 4.77. The fraction of sp³-hybridized carbons (Fsp3) is 0.357. The molecule has 0 aliphatic heterocycles. The first-order valence-electron chi connectivity index (χ1n) is 5.64. The average molecular weight is 265 g/mol. The summed E-state index contributed by atoms with van der Waals surface area (Å²) >= 11 is 6.04. The zero-order chi connectivity index (χ0) is 13.8. The lowest BCUT2D eigenvalue weighted by Gasteiger charge is -2.18. The summed E-state index contributed by atoms with van der Waals surface area (Å²) in [4.78, 5) is 11.9. The topological polar surface area (TPSA) is 55.1 Å². The quantitative estimate of drug-likeness (QED) is 0.766. The van der Waals surface area contributed by atoms with Crippen LogP contribution in [-0.4, -0.2) is 12.5 Å². The van der Waals surface area contributed by atoms with Crippen molar-refractivity contribution in [2.75, 3.05) is 11.9 Å². The molecule has 0 radical (unpaired) electrons. The lowest BCUT2D eigenvalue weighted by Crippen LogP contribution is -2.27. The van der Waals surface area contributed by atoms with Crippen molar-refractivity contribution < 1.29 is 4.79 Å². The molecule has 0 saturated heterocycles. The highest BCUT2D eigenvalue weighted by atomic mass is 35.5. The van der Waals surface area contributed by atoms with Crippen LogP contribution in [0.2, 0.25) is 5.02 Å². The molecule has 0 aromatic heterocycles. The molecular weight excluding hydrogens is 248 g/mol. The molecule has 1 rings (SSSR count). The number of amides is 1. The normalized spacial score (nSPS) is 10.5. The van der Waals surface area contributed by atoms with Crippen molar-refractivity contribution in [1.82, 2.24) is 0 Å². The van der Waals surface area contributed by atoms with Gasteiger partial charge in [0, 0.05) is 11.0 Å². The Bertz CT molecular complexity index is 507. The fourth-order valence-corrected chi connectivity index (χ4v) is 1.33. The Labute approximate surface area is 113 Å². The molecule has 0 aliphatic rings. The number of carbonyl (C=O) groups excluding carboxylic acids is 1. The third kappa shape index (κ3) is 4.06. The zero-order valence-corrected chi connectivity index (χ0v) is 11.6. The molecule has 0 spiro atoms. The number of nitrogens with one attached hydrogen (secondary N) is 1. The molecule has 0 bridgehead atoms. The van der Waals surface area contributed by atoms with Crippen LogP contribution in [0.5, 0.6) is 0 Å². The predicted molar refractivity (Wildman–Crippen MR) is 75.5 cm³/mol. The molecule has 1 aromatic carbocycles. The van der Waals surface area contributed by atoms with Crippen molar-refractivity contribution >= 4 is 23.2 Å². The summed E-state index contributed by atoms with van der Waals surface area (Å²) in [5.74, 6) is 5.57. The maximum absolute atomic E-state index is 11.9. The second-order valence-corrected chi connectivity index (χ2v) is 5.31. The minimum absolute atomic E-state index is 0.0895. The van der Waals surface area contributed by atoms with Crippen LogP contribution < -0.4 is 11.1 Å². The van der Waals surface area contributed by atoms with Gasteiger partial charge in [0.25, 0.3) is 0 Å². The highest BCUT2D eigenvalue weighted by Crippen LogP contribution is 2.25. The molecule has 96 valence electrons. The SMILES string of the molecule is CC(C)(C)C(=O)Nc1cc(C#CCN)ccc1Cl. The van der Waals surface area contributed by atoms with Gasteiger partial charge >= 0.3 is 0 Å². The van der Waals surface area contributed by atoms with Crippen molar-refractivity contribution in [3.8, 4) is 11.8 Å². The number of rotatable bonds is 1. The summed E-state index contributed by atoms with van der Waals surface area (Å²) in [5, 5.41) is 3.29. The number of anilines is 1. The summed E-state index contributed by atoms with van der Waals surface area (Å²) in [6.07, 6.45) is 0. The molecule has 0 heterocycles. The van der Waals surface area contributed by atoms with E-state index in [-0.39, 0.29) is 5.91 Å². The number of carbonyl (C=O) groups is 1. The molecule has 0 atom stereocenters. The monoisotopic (exact) mass is 264 g/mol. The Morgan fingerprint density at radius 2 is 2.11 bits per heavy atom. The van der Waals surface area contributed by atoms with Crippen molar-refractivity contribution in [3.63, 3.8) is 0 Å². The smallest absolute Gasteiger partial charge is 0.229 e. The van der Waals surface area contributed by atoms with E-state index >= 15 is 0 Å². The number of halogens is 1. The van der Waals surface area contributed by atoms with Crippen LogP contribution in [0.4, 0.5) is 5.69 Å². The summed E-state index contributed by atoms with van der Waals surface area (Å²) in [6.45, 7) is 5.82. The zero-order valence-electron chi connectivity index (χ0n) is 10.8. The molecule has 0 aliphatic carbocycles. The fourth-order valence-electron chi connectivity index (χ4n) is 1.16. The second-order valence-electron chi connectivity index (χ2n) is 4.90. The van der Waals surface area contributed by atoms with Gasteiger partial charge in [-0.2, -0.15) is 0 Å². The molecule has 3 N–H and O–H groups in total. The minimum atomic E-state index is -0.470. The highest BCUT2D eigenvalue weighted by Gasteiger charge is 2.21. The van der Waals surface area contributed by atoms with E-state index < -0.39 is 5.41 Å². The molecule has 18 heavy (non-hydrogen) atoms. The van der Waals surface area contributed by atoms with E-state index in [1.54, 1.807) is 18.2 Å². The first kappa shape index (κ1) is 14.6. The van der Waals surface area contributed by atoms with Gasteiger partial charge in [0.2, 0.25) is 5.91 Å². The summed E-state index contributed by atoms with van der Waals surface area (Å²) < 4.78 is 0. The average Bonchev–Trinajstić information content (AvgIpc) is 2.28. The number of nitrogens with two attached hydrogens (primary N) is 1. The van der Waals surface area contributed by atoms with Gasteiger partial charge in [-0.3, -0.25) is 4.79 Å². The van der Waals surface area contributed by atoms with Gasteiger partial charge in [0.05, 0.1) is 17.3 Å². The standard InChI is InChI=1S/C14H17ClN2O/c1-14(2,3)13(18)17-12-9-10(5-4-8-16)6-7-11(12)15/h6-7,9H,8,16H2,1-3H3,(H,17,18). The van der Waals surface area contributed by atoms with Crippen LogP contribution in [0.25, 0.3) is 0 Å². The summed E-state index contributed by atoms with van der Waals surface area (Å²) in [6, 6.07) is 5.24. The van der Waals surface area contributed by atoms with Crippen molar-refractivity contribution in [2.24, 2.45) is 11.1 Å². The third-order valence-corrected chi connectivity index (χ3v) is 2.56. The molecular formula is C14H17ClN2O. The maximum atomic E-state index is 11.9. The molecule has 1 amide bonds. The Hall–Kier alpha value is -1.50. The Morgan fingerprint density at radius 3 is 2.67 bits per heavy atom. The lowest BCUT2D eigenvalue weighted by molar-refractivity contribution is -0.123. The van der Waals surface area contributed by atoms with E-state index in [4.69, 9.17) is 17.3 Å². The molecule has 0 saturated carbocycles. The molecule has 3 nitrogen and oxygen atoms in total. The van der Waals surface area contributed by atoms with Crippen LogP contribution in [0.3, 0.4) is 0 Å². The molecule has 0 fully saturated rings. The summed E-state index contributed by atoms with van der Waals surface area (Å²) in [7, 11) is 0. The Balaban J connectivity index is 2.98. The molecule has 1 aromatic rings. The van der Waals surface area contributed by atoms with E-state index in [0.717, 1.165) is 5.56 Å². The van der Waals surface area contributed by atoms with E-state index in [2.05, 4.69) is 17.2 Å². The van der Waals surface area contributed by atoms with Gasteiger partial charge in [-0.1, -0.05) is 44.2 Å². The predicted octanol–water partition coefficient (Wildman–Crippen LogP) is 2.63. The second kappa shape index (κ2) is 5.90. The van der Waals surface area contributed by atoms with Gasteiger partial charge < -0.3 is 11.1 Å². The minimum Gasteiger partial charge on any atom is -0.324 e. The van der Waals surface area contributed by atoms with Crippen molar-refractivity contribution in [3.05, 3.63) is 28.8 Å². The lowest BCUT2D eigenvalue weighted by atomic mass is 9.95. The van der Waals surface area contributed by atoms with Gasteiger partial charge in [-0.05, 0) is 18.2 Å². The van der Waals surface area contributed by atoms with Crippen LogP contribution in [-0.2, 0) is 4.79 Å². The third-order valence-electron chi connectivity index (χ3n) is 2.23. The van der Waals surface area contributed by atoms with Crippen LogP contribution in [0.1, 0.15) is 26.3 Å². The number of benzene rings is 1. The summed E-state index contributed by atoms with van der Waals surface area (Å²) in [5.41, 5.74) is 6.18. The highest BCUT2D eigenvalue weighted by molar-refractivity contribution is 6.33. The number of hydrogen-bond donors (Lipinski definition) is 2. The first-order valence-corrected chi connectivity index (χ1v) is 6.02. The van der Waals surface area contributed by atoms with Gasteiger partial charge in [-0.15, -0.1) is 0 Å². The molecule has 4 heteroatoms. The van der Waals surface area contributed by atoms with E-state index in [0.29, 0.717) is 17.3 Å². The van der Waals surface area contributed by atoms with Gasteiger partial charge in [0.1, 0.15) is 0 Å². The largest absolute Gasteiger partial charge is 0.324 e. The first-order chi connectivity index (χ1) is 8.34. The van der Waals surface area contributed by atoms with Crippen molar-refractivity contribution in [2.45, 2.75) is 20.8 Å². The van der Waals surface area contributed by atoms with E-state index in [1.165, 1.54) is 0 Å². The number of hydrogen-bond acceptors (Lipinski definition) is 2. The van der Waals surface area contributed by atoms with Gasteiger partial charge in [0.15, 0.2) is 0 Å². The Morgan fingerprint density at radius 1 is 1.44 bits per heavy atom.